The van der Waals surface area contributed by atoms with E-state index in [2.05, 4.69) is 10.3 Å². The fraction of sp³-hybridized carbons (Fsp3) is 0.450. The maximum atomic E-state index is 12.9. The summed E-state index contributed by atoms with van der Waals surface area (Å²) in [7, 11) is -3.58. The summed E-state index contributed by atoms with van der Waals surface area (Å²) < 4.78 is 32.2. The zero-order valence-corrected chi connectivity index (χ0v) is 20.0. The number of rotatable bonds is 7. The summed E-state index contributed by atoms with van der Waals surface area (Å²) in [5.74, 6) is -0.992. The molecule has 1 amide bonds. The van der Waals surface area contributed by atoms with Gasteiger partial charge in [-0.1, -0.05) is 11.3 Å². The van der Waals surface area contributed by atoms with E-state index in [1.807, 2.05) is 6.26 Å². The molecule has 1 N–H and O–H groups in total. The maximum Gasteiger partial charge on any atom is 0.350 e. The highest BCUT2D eigenvalue weighted by molar-refractivity contribution is 7.98. The predicted molar refractivity (Wildman–Crippen MR) is 121 cm³/mol. The molecule has 1 aliphatic heterocycles. The molecule has 8 nitrogen and oxygen atoms in total. The van der Waals surface area contributed by atoms with Gasteiger partial charge in [0.25, 0.3) is 0 Å². The molecule has 1 saturated heterocycles. The van der Waals surface area contributed by atoms with Crippen LogP contribution in [0.4, 0.5) is 5.13 Å². The first-order valence-corrected chi connectivity index (χ1v) is 13.3. The quantitative estimate of drug-likeness (QED) is 0.475. The third-order valence-electron chi connectivity index (χ3n) is 5.01. The van der Waals surface area contributed by atoms with Gasteiger partial charge < -0.3 is 10.1 Å². The Balaban J connectivity index is 1.59. The van der Waals surface area contributed by atoms with E-state index in [-0.39, 0.29) is 36.4 Å². The third kappa shape index (κ3) is 5.46. The lowest BCUT2D eigenvalue weighted by Gasteiger charge is -2.30. The molecule has 0 spiro atoms. The zero-order valence-electron chi connectivity index (χ0n) is 17.6. The molecular weight excluding hydrogens is 458 g/mol. The smallest absolute Gasteiger partial charge is 0.350 e. The van der Waals surface area contributed by atoms with Gasteiger partial charge >= 0.3 is 5.97 Å². The van der Waals surface area contributed by atoms with Crippen molar-refractivity contribution in [2.45, 2.75) is 36.5 Å². The Morgan fingerprint density at radius 2 is 1.90 bits per heavy atom. The molecule has 0 radical (unpaired) electrons. The molecule has 0 aliphatic carbocycles. The van der Waals surface area contributed by atoms with Crippen LogP contribution in [0.25, 0.3) is 0 Å². The zero-order chi connectivity index (χ0) is 22.6. The number of piperidine rings is 1. The molecule has 1 aromatic heterocycles. The number of carbonyl (C=O) groups excluding carboxylic acids is 2. The summed E-state index contributed by atoms with van der Waals surface area (Å²) in [5, 5.41) is 3.10. The summed E-state index contributed by atoms with van der Waals surface area (Å²) in [6.45, 7) is 4.22. The molecule has 168 valence electrons. The number of hydrogen-bond acceptors (Lipinski definition) is 8. The Hall–Kier alpha value is -1.95. The first-order valence-electron chi connectivity index (χ1n) is 9.86. The number of esters is 1. The van der Waals surface area contributed by atoms with E-state index >= 15 is 0 Å². The number of amides is 1. The molecule has 31 heavy (non-hydrogen) atoms. The number of thioether (sulfide) groups is 1. The largest absolute Gasteiger partial charge is 0.462 e. The highest BCUT2D eigenvalue weighted by Crippen LogP contribution is 2.28. The van der Waals surface area contributed by atoms with E-state index in [9.17, 15) is 18.0 Å². The van der Waals surface area contributed by atoms with Crippen LogP contribution < -0.4 is 5.32 Å². The summed E-state index contributed by atoms with van der Waals surface area (Å²) in [6, 6.07) is 6.81. The van der Waals surface area contributed by atoms with Crippen molar-refractivity contribution in [1.29, 1.82) is 0 Å². The van der Waals surface area contributed by atoms with Crippen LogP contribution in [0.15, 0.2) is 34.1 Å². The Morgan fingerprint density at radius 3 is 2.48 bits per heavy atom. The van der Waals surface area contributed by atoms with Gasteiger partial charge in [0.15, 0.2) is 5.13 Å². The minimum absolute atomic E-state index is 0.217. The van der Waals surface area contributed by atoms with Crippen LogP contribution in [-0.2, 0) is 19.6 Å². The SMILES string of the molecule is CCOC(=O)c1sc(NC(=O)C2CCN(S(=O)(=O)c3ccc(SC)cc3)CC2)nc1C. The van der Waals surface area contributed by atoms with E-state index in [0.717, 1.165) is 16.2 Å². The van der Waals surface area contributed by atoms with Crippen molar-refractivity contribution in [2.75, 3.05) is 31.3 Å². The van der Waals surface area contributed by atoms with E-state index in [1.165, 1.54) is 4.31 Å². The fourth-order valence-electron chi connectivity index (χ4n) is 3.30. The Bertz CT molecular complexity index is 1040. The number of anilines is 1. The lowest BCUT2D eigenvalue weighted by Crippen LogP contribution is -2.41. The second-order valence-corrected chi connectivity index (χ2v) is 10.8. The molecule has 0 saturated carbocycles. The van der Waals surface area contributed by atoms with Gasteiger partial charge in [-0.05, 0) is 57.2 Å². The summed E-state index contributed by atoms with van der Waals surface area (Å²) in [6.07, 6.45) is 2.77. The Kier molecular flexibility index (Phi) is 7.73. The summed E-state index contributed by atoms with van der Waals surface area (Å²) >= 11 is 2.63. The average Bonchev–Trinajstić information content (AvgIpc) is 3.14. The standard InChI is InChI=1S/C20H25N3O5S3/c1-4-28-19(25)17-13(2)21-20(30-17)22-18(24)14-9-11-23(12-10-14)31(26,27)16-7-5-15(29-3)6-8-16/h5-8,14H,4,9-12H2,1-3H3,(H,21,22,24). The van der Waals surface area contributed by atoms with Crippen molar-refractivity contribution in [3.05, 3.63) is 34.8 Å². The topological polar surface area (TPSA) is 106 Å². The molecule has 2 heterocycles. The number of hydrogen-bond donors (Lipinski definition) is 1. The van der Waals surface area contributed by atoms with Gasteiger partial charge in [0.05, 0.1) is 17.2 Å². The highest BCUT2D eigenvalue weighted by atomic mass is 32.2. The number of aryl methyl sites for hydroxylation is 1. The Labute approximate surface area is 190 Å². The van der Waals surface area contributed by atoms with Gasteiger partial charge in [0.1, 0.15) is 4.88 Å². The molecule has 2 aromatic rings. The van der Waals surface area contributed by atoms with Crippen molar-refractivity contribution < 1.29 is 22.7 Å². The number of nitrogens with zero attached hydrogens (tertiary/aromatic N) is 2. The first kappa shape index (κ1) is 23.7. The third-order valence-corrected chi connectivity index (χ3v) is 8.72. The van der Waals surface area contributed by atoms with Crippen LogP contribution in [0.2, 0.25) is 0 Å². The minimum Gasteiger partial charge on any atom is -0.462 e. The second kappa shape index (κ2) is 10.1. The normalized spacial score (nSPS) is 15.6. The van der Waals surface area contributed by atoms with Crippen molar-refractivity contribution in [2.24, 2.45) is 5.92 Å². The number of thiazole rings is 1. The number of sulfonamides is 1. The van der Waals surface area contributed by atoms with Gasteiger partial charge in [-0.3, -0.25) is 4.79 Å². The highest BCUT2D eigenvalue weighted by Gasteiger charge is 2.32. The van der Waals surface area contributed by atoms with Crippen molar-refractivity contribution in [3.63, 3.8) is 0 Å². The van der Waals surface area contributed by atoms with E-state index in [1.54, 1.807) is 49.9 Å². The van der Waals surface area contributed by atoms with Crippen molar-refractivity contribution >= 4 is 50.1 Å². The van der Waals surface area contributed by atoms with Crippen LogP contribution in [0, 0.1) is 12.8 Å². The van der Waals surface area contributed by atoms with E-state index in [0.29, 0.717) is 28.5 Å². The van der Waals surface area contributed by atoms with E-state index in [4.69, 9.17) is 4.74 Å². The molecule has 0 atom stereocenters. The first-order chi connectivity index (χ1) is 14.8. The Morgan fingerprint density at radius 1 is 1.26 bits per heavy atom. The average molecular weight is 484 g/mol. The lowest BCUT2D eigenvalue weighted by atomic mass is 9.97. The van der Waals surface area contributed by atoms with Crippen LogP contribution in [-0.4, -0.2) is 55.5 Å². The number of carbonyl (C=O) groups is 2. The minimum atomic E-state index is -3.58. The molecule has 1 aromatic carbocycles. The van der Waals surface area contributed by atoms with Crippen LogP contribution in [0.1, 0.15) is 35.1 Å². The van der Waals surface area contributed by atoms with Crippen LogP contribution in [0.5, 0.6) is 0 Å². The van der Waals surface area contributed by atoms with Crippen LogP contribution >= 0.6 is 23.1 Å². The van der Waals surface area contributed by atoms with Gasteiger partial charge in [0.2, 0.25) is 15.9 Å². The number of nitrogens with one attached hydrogen (secondary N) is 1. The lowest BCUT2D eigenvalue weighted by molar-refractivity contribution is -0.120. The summed E-state index contributed by atoms with van der Waals surface area (Å²) in [4.78, 5) is 30.4. The van der Waals surface area contributed by atoms with Gasteiger partial charge in [-0.15, -0.1) is 11.8 Å². The predicted octanol–water partition coefficient (Wildman–Crippen LogP) is 3.39. The molecule has 1 aliphatic rings. The molecular formula is C20H25N3O5S3. The second-order valence-electron chi connectivity index (χ2n) is 7.00. The van der Waals surface area contributed by atoms with Gasteiger partial charge in [-0.25, -0.2) is 18.2 Å². The maximum absolute atomic E-state index is 12.9. The molecule has 1 fully saturated rings. The number of aromatic nitrogens is 1. The van der Waals surface area contributed by atoms with Gasteiger partial charge in [0, 0.05) is 23.9 Å². The number of benzene rings is 1. The number of ether oxygens (including phenoxy) is 1. The van der Waals surface area contributed by atoms with Crippen LogP contribution in [0.3, 0.4) is 0 Å². The monoisotopic (exact) mass is 483 g/mol. The van der Waals surface area contributed by atoms with Crippen molar-refractivity contribution in [3.8, 4) is 0 Å². The fourth-order valence-corrected chi connectivity index (χ4v) is 6.04. The molecule has 0 unspecified atom stereocenters. The molecule has 0 bridgehead atoms. The molecule has 11 heteroatoms. The molecule has 3 rings (SSSR count). The van der Waals surface area contributed by atoms with E-state index < -0.39 is 16.0 Å². The van der Waals surface area contributed by atoms with Gasteiger partial charge in [-0.2, -0.15) is 4.31 Å². The summed E-state index contributed by atoms with van der Waals surface area (Å²) in [5.41, 5.74) is 0.507. The van der Waals surface area contributed by atoms with Crippen molar-refractivity contribution in [1.82, 2.24) is 9.29 Å².